The van der Waals surface area contributed by atoms with Crippen LogP contribution in [0.1, 0.15) is 38.8 Å². The van der Waals surface area contributed by atoms with Crippen molar-refractivity contribution in [3.05, 3.63) is 50.8 Å². The molecule has 2 heterocycles. The molecule has 0 atom stereocenters. The van der Waals surface area contributed by atoms with Gasteiger partial charge in [-0.2, -0.15) is 0 Å². The van der Waals surface area contributed by atoms with Crippen molar-refractivity contribution in [2.24, 2.45) is 0 Å². The van der Waals surface area contributed by atoms with Crippen molar-refractivity contribution in [3.63, 3.8) is 0 Å². The van der Waals surface area contributed by atoms with Gasteiger partial charge in [-0.15, -0.1) is 0 Å². The van der Waals surface area contributed by atoms with Crippen LogP contribution in [0.3, 0.4) is 0 Å². The van der Waals surface area contributed by atoms with Crippen molar-refractivity contribution in [1.82, 2.24) is 9.88 Å². The highest BCUT2D eigenvalue weighted by Crippen LogP contribution is 2.28. The van der Waals surface area contributed by atoms with Crippen molar-refractivity contribution in [2.45, 2.75) is 20.8 Å². The first-order valence-electron chi connectivity index (χ1n) is 7.51. The van der Waals surface area contributed by atoms with E-state index in [9.17, 15) is 19.2 Å². The molecular formula is C17H16N4O4. The van der Waals surface area contributed by atoms with Crippen LogP contribution in [-0.4, -0.2) is 22.3 Å². The summed E-state index contributed by atoms with van der Waals surface area (Å²) in [6, 6.07) is 4.48. The average Bonchev–Trinajstić information content (AvgIpc) is 2.78. The highest BCUT2D eigenvalue weighted by atomic mass is 16.2. The molecule has 25 heavy (non-hydrogen) atoms. The lowest BCUT2D eigenvalue weighted by Gasteiger charge is -2.18. The van der Waals surface area contributed by atoms with E-state index in [1.54, 1.807) is 12.1 Å². The lowest BCUT2D eigenvalue weighted by atomic mass is 10.1. The van der Waals surface area contributed by atoms with Crippen LogP contribution in [0.25, 0.3) is 5.69 Å². The van der Waals surface area contributed by atoms with Crippen LogP contribution in [0.15, 0.2) is 23.0 Å². The van der Waals surface area contributed by atoms with Crippen molar-refractivity contribution in [2.75, 3.05) is 11.1 Å². The van der Waals surface area contributed by atoms with Crippen molar-refractivity contribution in [3.8, 4) is 5.69 Å². The van der Waals surface area contributed by atoms with E-state index in [1.807, 2.05) is 13.8 Å². The summed E-state index contributed by atoms with van der Waals surface area (Å²) in [5.74, 6) is -1.78. The van der Waals surface area contributed by atoms with Gasteiger partial charge in [-0.1, -0.05) is 0 Å². The molecule has 4 N–H and O–H groups in total. The van der Waals surface area contributed by atoms with Gasteiger partial charge in [0.05, 0.1) is 22.5 Å². The Kier molecular flexibility index (Phi) is 3.67. The molecule has 0 fully saturated rings. The molecule has 0 aliphatic carbocycles. The second kappa shape index (κ2) is 5.59. The summed E-state index contributed by atoms with van der Waals surface area (Å²) in [6.07, 6.45) is 0. The fraction of sp³-hybridized carbons (Fsp3) is 0.176. The number of rotatable bonds is 2. The molecule has 8 heteroatoms. The first-order chi connectivity index (χ1) is 11.7. The van der Waals surface area contributed by atoms with E-state index < -0.39 is 17.4 Å². The summed E-state index contributed by atoms with van der Waals surface area (Å²) in [5, 5.41) is 4.78. The summed E-state index contributed by atoms with van der Waals surface area (Å²) >= 11 is 0. The predicted octanol–water partition coefficient (Wildman–Crippen LogP) is 0.879. The van der Waals surface area contributed by atoms with Gasteiger partial charge >= 0.3 is 0 Å². The van der Waals surface area contributed by atoms with Crippen LogP contribution in [0.5, 0.6) is 0 Å². The maximum atomic E-state index is 12.6. The van der Waals surface area contributed by atoms with Gasteiger partial charge in [-0.25, -0.2) is 0 Å². The zero-order valence-corrected chi connectivity index (χ0v) is 13.9. The molecule has 3 amide bonds. The van der Waals surface area contributed by atoms with Gasteiger partial charge in [0, 0.05) is 13.0 Å². The number of carbonyl (C=O) groups excluding carboxylic acids is 3. The fourth-order valence-electron chi connectivity index (χ4n) is 2.80. The molecule has 0 bridgehead atoms. The molecule has 128 valence electrons. The smallest absolute Gasteiger partial charge is 0.262 e. The largest absolute Gasteiger partial charge is 0.384 e. The van der Waals surface area contributed by atoms with Crippen LogP contribution in [0, 0.1) is 13.8 Å². The van der Waals surface area contributed by atoms with E-state index in [0.717, 1.165) is 21.8 Å². The Bertz CT molecular complexity index is 1020. The molecule has 0 radical (unpaired) electrons. The number of anilines is 2. The third-order valence-electron chi connectivity index (χ3n) is 4.12. The Morgan fingerprint density at radius 1 is 1.08 bits per heavy atom. The highest BCUT2D eigenvalue weighted by molar-refractivity contribution is 6.23. The number of hydrogen-bond donors (Lipinski definition) is 3. The number of nitrogens with two attached hydrogens (primary N) is 1. The first-order valence-corrected chi connectivity index (χ1v) is 7.51. The van der Waals surface area contributed by atoms with Gasteiger partial charge in [0.2, 0.25) is 5.91 Å². The number of amides is 3. The SMILES string of the molecule is CC(=O)Nc1cc(C)c(C)cc1-n1c(N)c2c(cc1=O)C(=O)NC2=O. The van der Waals surface area contributed by atoms with E-state index in [0.29, 0.717) is 11.4 Å². The summed E-state index contributed by atoms with van der Waals surface area (Å²) in [5.41, 5.74) is 7.87. The third-order valence-corrected chi connectivity index (χ3v) is 4.12. The maximum Gasteiger partial charge on any atom is 0.262 e. The minimum atomic E-state index is -0.656. The van der Waals surface area contributed by atoms with Crippen LogP contribution in [0.4, 0.5) is 11.5 Å². The van der Waals surface area contributed by atoms with Crippen LogP contribution < -0.4 is 21.9 Å². The molecule has 2 aromatic rings. The predicted molar refractivity (Wildman–Crippen MR) is 92.0 cm³/mol. The molecule has 1 aliphatic rings. The van der Waals surface area contributed by atoms with Gasteiger partial charge in [0.25, 0.3) is 17.4 Å². The Balaban J connectivity index is 2.35. The quantitative estimate of drug-likeness (QED) is 0.700. The molecule has 3 rings (SSSR count). The lowest BCUT2D eigenvalue weighted by molar-refractivity contribution is -0.114. The molecule has 1 aliphatic heterocycles. The Labute approximate surface area is 142 Å². The monoisotopic (exact) mass is 340 g/mol. The highest BCUT2D eigenvalue weighted by Gasteiger charge is 2.32. The molecule has 8 nitrogen and oxygen atoms in total. The fourth-order valence-corrected chi connectivity index (χ4v) is 2.80. The zero-order valence-electron chi connectivity index (χ0n) is 13.9. The average molecular weight is 340 g/mol. The number of pyridine rings is 1. The Morgan fingerprint density at radius 2 is 1.72 bits per heavy atom. The van der Waals surface area contributed by atoms with Gasteiger partial charge in [0.1, 0.15) is 5.82 Å². The summed E-state index contributed by atoms with van der Waals surface area (Å²) in [7, 11) is 0. The first kappa shape index (κ1) is 16.4. The van der Waals surface area contributed by atoms with Crippen molar-refractivity contribution in [1.29, 1.82) is 0 Å². The zero-order chi connectivity index (χ0) is 18.5. The third kappa shape index (κ3) is 2.57. The van der Waals surface area contributed by atoms with E-state index in [2.05, 4.69) is 10.6 Å². The minimum Gasteiger partial charge on any atom is -0.384 e. The number of benzene rings is 1. The van der Waals surface area contributed by atoms with Crippen LogP contribution in [-0.2, 0) is 4.79 Å². The van der Waals surface area contributed by atoms with Crippen molar-refractivity contribution >= 4 is 29.2 Å². The molecule has 0 saturated heterocycles. The number of aryl methyl sites for hydroxylation is 2. The number of nitrogens with zero attached hydrogens (tertiary/aromatic N) is 1. The number of nitrogens with one attached hydrogen (secondary N) is 2. The van der Waals surface area contributed by atoms with E-state index in [4.69, 9.17) is 5.73 Å². The van der Waals surface area contributed by atoms with Gasteiger partial charge < -0.3 is 11.1 Å². The second-order valence-corrected chi connectivity index (χ2v) is 5.91. The normalized spacial score (nSPS) is 12.8. The van der Waals surface area contributed by atoms with E-state index in [1.165, 1.54) is 6.92 Å². The van der Waals surface area contributed by atoms with Crippen LogP contribution >= 0.6 is 0 Å². The summed E-state index contributed by atoms with van der Waals surface area (Å²) in [6.45, 7) is 5.06. The molecule has 0 saturated carbocycles. The second-order valence-electron chi connectivity index (χ2n) is 5.91. The Morgan fingerprint density at radius 3 is 2.36 bits per heavy atom. The van der Waals surface area contributed by atoms with Gasteiger partial charge in [0.15, 0.2) is 0 Å². The number of imide groups is 1. The van der Waals surface area contributed by atoms with E-state index >= 15 is 0 Å². The minimum absolute atomic E-state index is 0.0448. The number of aromatic nitrogens is 1. The number of carbonyl (C=O) groups is 3. The standard InChI is InChI=1S/C17H16N4O4/c1-7-4-11(19-9(3)22)12(5-8(7)2)21-13(23)6-10-14(15(21)18)17(25)20-16(10)24/h4-6H,18H2,1-3H3,(H,19,22)(H,20,24,25). The van der Waals surface area contributed by atoms with Crippen LogP contribution in [0.2, 0.25) is 0 Å². The number of fused-ring (bicyclic) bond motifs is 1. The van der Waals surface area contributed by atoms with Gasteiger partial charge in [-0.3, -0.25) is 29.1 Å². The number of nitrogen functional groups attached to an aromatic ring is 1. The van der Waals surface area contributed by atoms with Gasteiger partial charge in [-0.05, 0) is 37.1 Å². The topological polar surface area (TPSA) is 123 Å². The Hall–Kier alpha value is -3.42. The molecule has 0 spiro atoms. The number of hydrogen-bond acceptors (Lipinski definition) is 5. The summed E-state index contributed by atoms with van der Waals surface area (Å²) in [4.78, 5) is 47.8. The molecular weight excluding hydrogens is 324 g/mol. The van der Waals surface area contributed by atoms with E-state index in [-0.39, 0.29) is 22.9 Å². The summed E-state index contributed by atoms with van der Waals surface area (Å²) < 4.78 is 1.12. The lowest BCUT2D eigenvalue weighted by Crippen LogP contribution is -2.25. The molecule has 1 aromatic carbocycles. The molecule has 1 aromatic heterocycles. The maximum absolute atomic E-state index is 12.6. The molecule has 0 unspecified atom stereocenters. The van der Waals surface area contributed by atoms with Crippen molar-refractivity contribution < 1.29 is 14.4 Å².